The van der Waals surface area contributed by atoms with Gasteiger partial charge < -0.3 is 15.0 Å². The summed E-state index contributed by atoms with van der Waals surface area (Å²) in [5.74, 6) is 0.915. The van der Waals surface area contributed by atoms with Gasteiger partial charge in [0.05, 0.1) is 6.61 Å². The summed E-state index contributed by atoms with van der Waals surface area (Å²) in [4.78, 5) is 14.5. The Kier molecular flexibility index (Phi) is 3.87. The van der Waals surface area contributed by atoms with Gasteiger partial charge in [-0.05, 0) is 30.7 Å². The van der Waals surface area contributed by atoms with Crippen molar-refractivity contribution in [1.82, 2.24) is 10.3 Å². The zero-order chi connectivity index (χ0) is 13.0. The van der Waals surface area contributed by atoms with E-state index < -0.39 is 0 Å². The molecule has 0 aliphatic heterocycles. The molecule has 0 saturated carbocycles. The standard InChI is InChI=1S/C14H18N2O2/c1-3-14(17)16-9-10-8-15-13-6-5-11(18-4-2)7-12(10)13/h5-8,15H,3-4,9H2,1-2H3,(H,16,17). The van der Waals surface area contributed by atoms with Crippen molar-refractivity contribution >= 4 is 16.8 Å². The Hall–Kier alpha value is -1.97. The molecule has 0 atom stereocenters. The lowest BCUT2D eigenvalue weighted by Gasteiger charge is -2.05. The lowest BCUT2D eigenvalue weighted by Crippen LogP contribution is -2.21. The van der Waals surface area contributed by atoms with Gasteiger partial charge in [-0.1, -0.05) is 6.92 Å². The van der Waals surface area contributed by atoms with Crippen molar-refractivity contribution in [2.75, 3.05) is 6.61 Å². The third-order valence-corrected chi connectivity index (χ3v) is 2.85. The zero-order valence-electron chi connectivity index (χ0n) is 10.7. The largest absolute Gasteiger partial charge is 0.494 e. The molecule has 4 heteroatoms. The minimum Gasteiger partial charge on any atom is -0.494 e. The van der Waals surface area contributed by atoms with Crippen LogP contribution in [0, 0.1) is 0 Å². The van der Waals surface area contributed by atoms with E-state index in [2.05, 4.69) is 10.3 Å². The molecule has 2 aromatic rings. The summed E-state index contributed by atoms with van der Waals surface area (Å²) >= 11 is 0. The van der Waals surface area contributed by atoms with Gasteiger partial charge >= 0.3 is 0 Å². The van der Waals surface area contributed by atoms with Crippen LogP contribution in [0.3, 0.4) is 0 Å². The summed E-state index contributed by atoms with van der Waals surface area (Å²) in [6.45, 7) is 5.00. The minimum absolute atomic E-state index is 0.0605. The van der Waals surface area contributed by atoms with Crippen molar-refractivity contribution in [2.45, 2.75) is 26.8 Å². The maximum absolute atomic E-state index is 11.3. The first-order chi connectivity index (χ1) is 8.74. The SMILES string of the molecule is CCOc1ccc2[nH]cc(CNC(=O)CC)c2c1. The lowest BCUT2D eigenvalue weighted by molar-refractivity contribution is -0.120. The Morgan fingerprint density at radius 2 is 2.22 bits per heavy atom. The van der Waals surface area contributed by atoms with Gasteiger partial charge in [0.15, 0.2) is 0 Å². The van der Waals surface area contributed by atoms with Crippen molar-refractivity contribution in [1.29, 1.82) is 0 Å². The molecule has 0 saturated heterocycles. The summed E-state index contributed by atoms with van der Waals surface area (Å²) < 4.78 is 5.48. The van der Waals surface area contributed by atoms with E-state index in [0.717, 1.165) is 22.2 Å². The fourth-order valence-electron chi connectivity index (χ4n) is 1.88. The van der Waals surface area contributed by atoms with Crippen LogP contribution >= 0.6 is 0 Å². The molecular weight excluding hydrogens is 228 g/mol. The number of hydrogen-bond acceptors (Lipinski definition) is 2. The van der Waals surface area contributed by atoms with Crippen LogP contribution in [0.4, 0.5) is 0 Å². The van der Waals surface area contributed by atoms with Crippen molar-refractivity contribution in [3.8, 4) is 5.75 Å². The molecule has 18 heavy (non-hydrogen) atoms. The molecule has 1 aromatic heterocycles. The number of fused-ring (bicyclic) bond motifs is 1. The number of nitrogens with one attached hydrogen (secondary N) is 2. The van der Waals surface area contributed by atoms with Gasteiger partial charge in [0.2, 0.25) is 5.91 Å². The molecule has 0 aliphatic carbocycles. The summed E-state index contributed by atoms with van der Waals surface area (Å²) in [6.07, 6.45) is 2.43. The average Bonchev–Trinajstić information content (AvgIpc) is 2.79. The highest BCUT2D eigenvalue weighted by atomic mass is 16.5. The first-order valence-electron chi connectivity index (χ1n) is 6.24. The minimum atomic E-state index is 0.0605. The Bertz CT molecular complexity index is 546. The maximum atomic E-state index is 11.3. The highest BCUT2D eigenvalue weighted by molar-refractivity contribution is 5.85. The normalized spacial score (nSPS) is 10.6. The highest BCUT2D eigenvalue weighted by Gasteiger charge is 2.06. The van der Waals surface area contributed by atoms with Crippen molar-refractivity contribution in [3.05, 3.63) is 30.0 Å². The van der Waals surface area contributed by atoms with Gasteiger partial charge in [-0.25, -0.2) is 0 Å². The number of carbonyl (C=O) groups is 1. The van der Waals surface area contributed by atoms with Crippen molar-refractivity contribution in [3.63, 3.8) is 0 Å². The van der Waals surface area contributed by atoms with E-state index in [4.69, 9.17) is 4.74 Å². The van der Waals surface area contributed by atoms with Gasteiger partial charge in [0.25, 0.3) is 0 Å². The van der Waals surface area contributed by atoms with Gasteiger partial charge in [-0.2, -0.15) is 0 Å². The number of ether oxygens (including phenoxy) is 1. The number of rotatable bonds is 5. The first kappa shape index (κ1) is 12.5. The third kappa shape index (κ3) is 2.64. The molecule has 0 unspecified atom stereocenters. The molecule has 2 N–H and O–H groups in total. The topological polar surface area (TPSA) is 54.1 Å². The van der Waals surface area contributed by atoms with Crippen molar-refractivity contribution in [2.24, 2.45) is 0 Å². The van der Waals surface area contributed by atoms with Crippen LogP contribution in [-0.4, -0.2) is 17.5 Å². The van der Waals surface area contributed by atoms with Crippen LogP contribution in [0.1, 0.15) is 25.8 Å². The summed E-state index contributed by atoms with van der Waals surface area (Å²) in [6, 6.07) is 5.94. The monoisotopic (exact) mass is 246 g/mol. The molecule has 0 spiro atoms. The Balaban J connectivity index is 2.22. The molecule has 1 amide bonds. The van der Waals surface area contributed by atoms with Gasteiger partial charge in [0, 0.05) is 30.1 Å². The number of hydrogen-bond donors (Lipinski definition) is 2. The second-order valence-corrected chi connectivity index (χ2v) is 4.08. The van der Waals surface area contributed by atoms with Crippen molar-refractivity contribution < 1.29 is 9.53 Å². The molecule has 0 aliphatic rings. The van der Waals surface area contributed by atoms with Crippen LogP contribution in [0.15, 0.2) is 24.4 Å². The maximum Gasteiger partial charge on any atom is 0.219 e. The van der Waals surface area contributed by atoms with Gasteiger partial charge in [-0.3, -0.25) is 4.79 Å². The van der Waals surface area contributed by atoms with E-state index >= 15 is 0 Å². The number of benzene rings is 1. The summed E-state index contributed by atoms with van der Waals surface area (Å²) in [7, 11) is 0. The molecular formula is C14H18N2O2. The van der Waals surface area contributed by atoms with E-state index in [1.54, 1.807) is 0 Å². The van der Waals surface area contributed by atoms with Crippen LogP contribution in [0.5, 0.6) is 5.75 Å². The van der Waals surface area contributed by atoms with E-state index in [9.17, 15) is 4.79 Å². The quantitative estimate of drug-likeness (QED) is 0.852. The van der Waals surface area contributed by atoms with E-state index in [1.807, 2.05) is 38.2 Å². The van der Waals surface area contributed by atoms with Crippen LogP contribution in [0.25, 0.3) is 10.9 Å². The second-order valence-electron chi connectivity index (χ2n) is 4.08. The molecule has 0 bridgehead atoms. The molecule has 96 valence electrons. The summed E-state index contributed by atoms with van der Waals surface area (Å²) in [5.41, 5.74) is 2.13. The molecule has 2 rings (SSSR count). The molecule has 0 radical (unpaired) electrons. The van der Waals surface area contributed by atoms with E-state index in [-0.39, 0.29) is 5.91 Å². The Labute approximate surface area is 106 Å². The highest BCUT2D eigenvalue weighted by Crippen LogP contribution is 2.23. The van der Waals surface area contributed by atoms with E-state index in [1.165, 1.54) is 0 Å². The Morgan fingerprint density at radius 1 is 1.39 bits per heavy atom. The fraction of sp³-hybridized carbons (Fsp3) is 0.357. The molecule has 4 nitrogen and oxygen atoms in total. The van der Waals surface area contributed by atoms with Gasteiger partial charge in [0.1, 0.15) is 5.75 Å². The van der Waals surface area contributed by atoms with E-state index in [0.29, 0.717) is 19.6 Å². The predicted molar refractivity (Wildman–Crippen MR) is 71.6 cm³/mol. The predicted octanol–water partition coefficient (Wildman–Crippen LogP) is 2.59. The van der Waals surface area contributed by atoms with Gasteiger partial charge in [-0.15, -0.1) is 0 Å². The fourth-order valence-corrected chi connectivity index (χ4v) is 1.88. The van der Waals surface area contributed by atoms with Crippen LogP contribution < -0.4 is 10.1 Å². The number of aromatic nitrogens is 1. The smallest absolute Gasteiger partial charge is 0.219 e. The first-order valence-corrected chi connectivity index (χ1v) is 6.24. The average molecular weight is 246 g/mol. The zero-order valence-corrected chi connectivity index (χ0v) is 10.7. The number of carbonyl (C=O) groups excluding carboxylic acids is 1. The third-order valence-electron chi connectivity index (χ3n) is 2.85. The van der Waals surface area contributed by atoms with Crippen LogP contribution in [0.2, 0.25) is 0 Å². The second kappa shape index (κ2) is 5.58. The number of aromatic amines is 1. The molecule has 1 heterocycles. The summed E-state index contributed by atoms with van der Waals surface area (Å²) in [5, 5.41) is 3.97. The Morgan fingerprint density at radius 3 is 2.94 bits per heavy atom. The lowest BCUT2D eigenvalue weighted by atomic mass is 10.1. The molecule has 0 fully saturated rings. The number of amides is 1. The number of H-pyrrole nitrogens is 1. The van der Waals surface area contributed by atoms with Crippen LogP contribution in [-0.2, 0) is 11.3 Å². The molecule has 1 aromatic carbocycles.